The Kier molecular flexibility index (Phi) is 3.80. The van der Waals surface area contributed by atoms with Crippen molar-refractivity contribution in [3.8, 4) is 0 Å². The first-order chi connectivity index (χ1) is 5.74. The molecule has 0 radical (unpaired) electrons. The van der Waals surface area contributed by atoms with Crippen molar-refractivity contribution in [2.24, 2.45) is 5.92 Å². The summed E-state index contributed by atoms with van der Waals surface area (Å²) in [5, 5.41) is 0.0436. The third kappa shape index (κ3) is 2.63. The van der Waals surface area contributed by atoms with E-state index in [9.17, 15) is 4.79 Å². The smallest absolute Gasteiger partial charge is 0.136 e. The molecule has 1 fully saturated rings. The van der Waals surface area contributed by atoms with Gasteiger partial charge < -0.3 is 0 Å². The molecule has 1 nitrogen and oxygen atoms in total. The van der Waals surface area contributed by atoms with Gasteiger partial charge >= 0.3 is 0 Å². The fourth-order valence-electron chi connectivity index (χ4n) is 1.70. The first-order valence-corrected chi connectivity index (χ1v) is 4.97. The van der Waals surface area contributed by atoms with Crippen LogP contribution in [0, 0.1) is 5.92 Å². The van der Waals surface area contributed by atoms with E-state index in [1.165, 1.54) is 0 Å². The van der Waals surface area contributed by atoms with Gasteiger partial charge in [-0.05, 0) is 26.2 Å². The number of ketones is 1. The number of carbonyl (C=O) groups is 1. The molecule has 1 aliphatic rings. The van der Waals surface area contributed by atoms with Crippen LogP contribution in [0.25, 0.3) is 0 Å². The summed E-state index contributed by atoms with van der Waals surface area (Å²) in [7, 11) is 0. The summed E-state index contributed by atoms with van der Waals surface area (Å²) in [5.74, 6) is 0.647. The molecule has 0 heterocycles. The molecule has 0 spiro atoms. The molecule has 0 amide bonds. The van der Waals surface area contributed by atoms with E-state index in [0.29, 0.717) is 5.78 Å². The third-order valence-electron chi connectivity index (χ3n) is 2.34. The highest BCUT2D eigenvalue weighted by Crippen LogP contribution is 2.27. The van der Waals surface area contributed by atoms with E-state index in [-0.39, 0.29) is 11.3 Å². The van der Waals surface area contributed by atoms with E-state index in [0.717, 1.165) is 25.7 Å². The monoisotopic (exact) mass is 186 g/mol. The van der Waals surface area contributed by atoms with Gasteiger partial charge in [-0.1, -0.05) is 12.2 Å². The van der Waals surface area contributed by atoms with Gasteiger partial charge in [0, 0.05) is 12.3 Å². The topological polar surface area (TPSA) is 17.1 Å². The Bertz CT molecular complexity index is 186. The molecule has 1 saturated carbocycles. The first kappa shape index (κ1) is 9.79. The lowest BCUT2D eigenvalue weighted by atomic mass is 10.0. The summed E-state index contributed by atoms with van der Waals surface area (Å²) in [4.78, 5) is 11.2. The molecule has 0 aliphatic heterocycles. The van der Waals surface area contributed by atoms with Crippen molar-refractivity contribution in [2.75, 3.05) is 0 Å². The minimum Gasteiger partial charge on any atom is -0.299 e. The van der Waals surface area contributed by atoms with Crippen LogP contribution in [0.3, 0.4) is 0 Å². The van der Waals surface area contributed by atoms with E-state index in [1.807, 2.05) is 19.1 Å². The van der Waals surface area contributed by atoms with Crippen molar-refractivity contribution >= 4 is 17.4 Å². The molecule has 0 saturated heterocycles. The lowest BCUT2D eigenvalue weighted by molar-refractivity contribution is -0.120. The highest BCUT2D eigenvalue weighted by molar-refractivity contribution is 6.21. The van der Waals surface area contributed by atoms with Crippen molar-refractivity contribution in [3.05, 3.63) is 12.2 Å². The van der Waals surface area contributed by atoms with Gasteiger partial charge in [0.15, 0.2) is 0 Å². The summed E-state index contributed by atoms with van der Waals surface area (Å²) >= 11 is 5.99. The Labute approximate surface area is 78.8 Å². The fourth-order valence-corrected chi connectivity index (χ4v) is 2.06. The third-order valence-corrected chi connectivity index (χ3v) is 2.67. The largest absolute Gasteiger partial charge is 0.299 e. The van der Waals surface area contributed by atoms with Gasteiger partial charge in [-0.2, -0.15) is 0 Å². The molecular formula is C10H15ClO. The summed E-state index contributed by atoms with van der Waals surface area (Å²) in [6.07, 6.45) is 7.58. The van der Waals surface area contributed by atoms with Gasteiger partial charge in [0.2, 0.25) is 0 Å². The van der Waals surface area contributed by atoms with Crippen LogP contribution in [0.5, 0.6) is 0 Å². The fraction of sp³-hybridized carbons (Fsp3) is 0.700. The van der Waals surface area contributed by atoms with Gasteiger partial charge in [-0.25, -0.2) is 0 Å². The van der Waals surface area contributed by atoms with E-state index >= 15 is 0 Å². The summed E-state index contributed by atoms with van der Waals surface area (Å²) in [6.45, 7) is 1.95. The number of hydrogen-bond donors (Lipinski definition) is 0. The number of Topliss-reactive ketones (excluding diaryl/α,β-unsaturated/α-hetero) is 1. The van der Waals surface area contributed by atoms with E-state index in [4.69, 9.17) is 11.6 Å². The first-order valence-electron chi connectivity index (χ1n) is 4.53. The molecule has 0 bridgehead atoms. The van der Waals surface area contributed by atoms with Crippen molar-refractivity contribution in [2.45, 2.75) is 38.0 Å². The standard InChI is InChI=1S/C10H15ClO/c1-2-4-9(11)7-8-5-3-6-10(8)12/h2,4,8-9H,3,5-7H2,1H3/b4-2+/t8?,9-/m0/s1. The van der Waals surface area contributed by atoms with E-state index < -0.39 is 0 Å². The lowest BCUT2D eigenvalue weighted by Gasteiger charge is -2.09. The molecule has 2 heteroatoms. The van der Waals surface area contributed by atoms with Crippen molar-refractivity contribution in [3.63, 3.8) is 0 Å². The Hall–Kier alpha value is -0.300. The molecule has 0 aromatic carbocycles. The molecule has 1 rings (SSSR count). The van der Waals surface area contributed by atoms with Crippen LogP contribution in [0.1, 0.15) is 32.6 Å². The van der Waals surface area contributed by atoms with Crippen molar-refractivity contribution < 1.29 is 4.79 Å². The summed E-state index contributed by atoms with van der Waals surface area (Å²) < 4.78 is 0. The van der Waals surface area contributed by atoms with Crippen LogP contribution in [-0.2, 0) is 4.79 Å². The predicted octanol–water partition coefficient (Wildman–Crippen LogP) is 2.93. The molecule has 12 heavy (non-hydrogen) atoms. The minimum atomic E-state index is 0.0436. The summed E-state index contributed by atoms with van der Waals surface area (Å²) in [6, 6.07) is 0. The molecule has 0 aromatic rings. The number of hydrogen-bond acceptors (Lipinski definition) is 1. The van der Waals surface area contributed by atoms with Crippen LogP contribution in [0.2, 0.25) is 0 Å². The van der Waals surface area contributed by atoms with Gasteiger partial charge in [-0.3, -0.25) is 4.79 Å². The highest BCUT2D eigenvalue weighted by atomic mass is 35.5. The quantitative estimate of drug-likeness (QED) is 0.489. The molecule has 0 aromatic heterocycles. The van der Waals surface area contributed by atoms with Gasteiger partial charge in [0.05, 0.1) is 5.38 Å². The number of allylic oxidation sites excluding steroid dienone is 2. The molecule has 1 aliphatic carbocycles. The Morgan fingerprint density at radius 1 is 1.75 bits per heavy atom. The van der Waals surface area contributed by atoms with Crippen LogP contribution in [0.4, 0.5) is 0 Å². The second kappa shape index (κ2) is 4.66. The van der Waals surface area contributed by atoms with Crippen LogP contribution in [0.15, 0.2) is 12.2 Å². The molecular weight excluding hydrogens is 172 g/mol. The zero-order chi connectivity index (χ0) is 8.97. The van der Waals surface area contributed by atoms with Gasteiger partial charge in [0.25, 0.3) is 0 Å². The maximum absolute atomic E-state index is 11.2. The Morgan fingerprint density at radius 2 is 2.50 bits per heavy atom. The van der Waals surface area contributed by atoms with E-state index in [1.54, 1.807) is 0 Å². The zero-order valence-electron chi connectivity index (χ0n) is 7.42. The van der Waals surface area contributed by atoms with Crippen molar-refractivity contribution in [1.82, 2.24) is 0 Å². The Morgan fingerprint density at radius 3 is 3.00 bits per heavy atom. The Balaban J connectivity index is 2.34. The summed E-state index contributed by atoms with van der Waals surface area (Å²) in [5.41, 5.74) is 0. The van der Waals surface area contributed by atoms with Crippen LogP contribution < -0.4 is 0 Å². The lowest BCUT2D eigenvalue weighted by Crippen LogP contribution is -2.11. The molecule has 2 atom stereocenters. The van der Waals surface area contributed by atoms with Crippen LogP contribution in [-0.4, -0.2) is 11.2 Å². The predicted molar refractivity (Wildman–Crippen MR) is 51.4 cm³/mol. The SMILES string of the molecule is C/C=C/[C@H](Cl)CC1CCCC1=O. The van der Waals surface area contributed by atoms with Crippen molar-refractivity contribution in [1.29, 1.82) is 0 Å². The average molecular weight is 187 g/mol. The van der Waals surface area contributed by atoms with Gasteiger partial charge in [0.1, 0.15) is 5.78 Å². The number of halogens is 1. The average Bonchev–Trinajstić information content (AvgIpc) is 2.37. The molecule has 68 valence electrons. The number of rotatable bonds is 3. The second-order valence-electron chi connectivity index (χ2n) is 3.33. The zero-order valence-corrected chi connectivity index (χ0v) is 8.18. The highest BCUT2D eigenvalue weighted by Gasteiger charge is 2.25. The minimum absolute atomic E-state index is 0.0436. The molecule has 0 N–H and O–H groups in total. The van der Waals surface area contributed by atoms with Gasteiger partial charge in [-0.15, -0.1) is 11.6 Å². The normalized spacial score (nSPS) is 26.8. The second-order valence-corrected chi connectivity index (χ2v) is 3.89. The molecule has 1 unspecified atom stereocenters. The number of carbonyl (C=O) groups excluding carboxylic acids is 1. The maximum atomic E-state index is 11.2. The van der Waals surface area contributed by atoms with E-state index in [2.05, 4.69) is 0 Å². The number of alkyl halides is 1. The van der Waals surface area contributed by atoms with Crippen LogP contribution >= 0.6 is 11.6 Å². The maximum Gasteiger partial charge on any atom is 0.136 e.